The van der Waals surface area contributed by atoms with Gasteiger partial charge in [0.05, 0.1) is 4.92 Å². The number of aliphatic hydroxyl groups is 1. The molecule has 0 spiro atoms. The number of hydrogen-bond acceptors (Lipinski definition) is 4. The predicted molar refractivity (Wildman–Crippen MR) is 77.8 cm³/mol. The van der Waals surface area contributed by atoms with Crippen LogP contribution in [0.15, 0.2) is 18.2 Å². The van der Waals surface area contributed by atoms with E-state index in [4.69, 9.17) is 9.84 Å². The average molecular weight is 419 g/mol. The highest BCUT2D eigenvalue weighted by molar-refractivity contribution is 14.1. The number of benzene rings is 1. The summed E-state index contributed by atoms with van der Waals surface area (Å²) >= 11 is 1.86. The molecule has 0 amide bonds. The van der Waals surface area contributed by atoms with Crippen molar-refractivity contribution in [3.63, 3.8) is 0 Å². The Hall–Kier alpha value is -1.10. The molecule has 0 aliphatic heterocycles. The first-order valence-electron chi connectivity index (χ1n) is 5.87. The van der Waals surface area contributed by atoms with Crippen molar-refractivity contribution in [2.45, 2.75) is 31.7 Å². The molecular weight excluding hydrogens is 406 g/mol. The summed E-state index contributed by atoms with van der Waals surface area (Å²) in [5.74, 6) is 0.261. The summed E-state index contributed by atoms with van der Waals surface area (Å²) in [4.78, 5) is 10.0. The van der Waals surface area contributed by atoms with E-state index in [0.717, 1.165) is 0 Å². The molecule has 9 heteroatoms. The van der Waals surface area contributed by atoms with Gasteiger partial charge in [0, 0.05) is 23.0 Å². The summed E-state index contributed by atoms with van der Waals surface area (Å²) in [5.41, 5.74) is 0.321. The van der Waals surface area contributed by atoms with Gasteiger partial charge in [-0.05, 0) is 18.6 Å². The fraction of sp³-hybridized carbons (Fsp3) is 0.500. The molecule has 0 bridgehead atoms. The Labute approximate surface area is 132 Å². The molecule has 0 aliphatic carbocycles. The van der Waals surface area contributed by atoms with Gasteiger partial charge in [0.15, 0.2) is 6.10 Å². The second-order valence-corrected chi connectivity index (χ2v) is 5.27. The van der Waals surface area contributed by atoms with E-state index < -0.39 is 29.7 Å². The molecule has 1 rings (SSSR count). The zero-order valence-electron chi connectivity index (χ0n) is 10.9. The molecule has 0 aliphatic rings. The molecule has 5 nitrogen and oxygen atoms in total. The topological polar surface area (TPSA) is 72.6 Å². The molecule has 2 unspecified atom stereocenters. The molecule has 1 aromatic carbocycles. The van der Waals surface area contributed by atoms with Crippen LogP contribution >= 0.6 is 22.6 Å². The van der Waals surface area contributed by atoms with Gasteiger partial charge in [0.1, 0.15) is 11.9 Å². The number of aryl methyl sites for hydroxylation is 1. The zero-order chi connectivity index (χ0) is 16.2. The number of alkyl halides is 4. The number of nitro benzene ring substituents is 1. The number of rotatable bonds is 6. The Morgan fingerprint density at radius 1 is 1.48 bits per heavy atom. The van der Waals surface area contributed by atoms with E-state index >= 15 is 0 Å². The molecule has 2 atom stereocenters. The Balaban J connectivity index is 2.80. The largest absolute Gasteiger partial charge is 0.489 e. The maximum Gasteiger partial charge on any atom is 0.414 e. The Morgan fingerprint density at radius 2 is 2.10 bits per heavy atom. The van der Waals surface area contributed by atoms with E-state index in [1.807, 2.05) is 22.6 Å². The van der Waals surface area contributed by atoms with Gasteiger partial charge in [-0.1, -0.05) is 22.6 Å². The van der Waals surface area contributed by atoms with Crippen LogP contribution in [0.3, 0.4) is 0 Å². The van der Waals surface area contributed by atoms with Crippen LogP contribution in [-0.2, 0) is 0 Å². The van der Waals surface area contributed by atoms with Crippen molar-refractivity contribution in [1.82, 2.24) is 0 Å². The van der Waals surface area contributed by atoms with Gasteiger partial charge >= 0.3 is 6.18 Å². The van der Waals surface area contributed by atoms with Crippen molar-refractivity contribution < 1.29 is 27.9 Å². The third kappa shape index (κ3) is 5.30. The first-order valence-corrected chi connectivity index (χ1v) is 7.40. The van der Waals surface area contributed by atoms with Gasteiger partial charge in [0.25, 0.3) is 5.69 Å². The highest BCUT2D eigenvalue weighted by atomic mass is 127. The lowest BCUT2D eigenvalue weighted by Gasteiger charge is -2.22. The molecule has 118 valence electrons. The van der Waals surface area contributed by atoms with Gasteiger partial charge in [-0.25, -0.2) is 0 Å². The van der Waals surface area contributed by atoms with Crippen LogP contribution in [0.4, 0.5) is 18.9 Å². The molecular formula is C12H13F3INO4. The molecule has 1 N–H and O–H groups in total. The summed E-state index contributed by atoms with van der Waals surface area (Å²) < 4.78 is 42.6. The molecule has 0 radical (unpaired) electrons. The van der Waals surface area contributed by atoms with Crippen LogP contribution in [0.25, 0.3) is 0 Å². The first kappa shape index (κ1) is 18.0. The summed E-state index contributed by atoms with van der Waals surface area (Å²) in [7, 11) is 0. The lowest BCUT2D eigenvalue weighted by Crippen LogP contribution is -2.35. The third-order valence-corrected chi connectivity index (χ3v) is 3.68. The lowest BCUT2D eigenvalue weighted by molar-refractivity contribution is -0.384. The fourth-order valence-corrected chi connectivity index (χ4v) is 2.12. The molecule has 0 saturated heterocycles. The Kier molecular flexibility index (Phi) is 6.20. The minimum atomic E-state index is -4.70. The van der Waals surface area contributed by atoms with Crippen molar-refractivity contribution >= 4 is 28.3 Å². The van der Waals surface area contributed by atoms with Crippen LogP contribution in [0.5, 0.6) is 5.75 Å². The van der Waals surface area contributed by atoms with E-state index in [0.29, 0.717) is 5.56 Å². The van der Waals surface area contributed by atoms with E-state index in [1.165, 1.54) is 18.2 Å². The second kappa shape index (κ2) is 7.25. The maximum absolute atomic E-state index is 12.3. The highest BCUT2D eigenvalue weighted by Crippen LogP contribution is 2.28. The second-order valence-electron chi connectivity index (χ2n) is 4.39. The van der Waals surface area contributed by atoms with Gasteiger partial charge in [0.2, 0.25) is 0 Å². The van der Waals surface area contributed by atoms with Crippen molar-refractivity contribution in [3.8, 4) is 5.75 Å². The van der Waals surface area contributed by atoms with Gasteiger partial charge in [-0.3, -0.25) is 10.1 Å². The molecule has 0 fully saturated rings. The molecule has 21 heavy (non-hydrogen) atoms. The number of halogens is 4. The number of aliphatic hydroxyl groups excluding tert-OH is 1. The Bertz CT molecular complexity index is 510. The van der Waals surface area contributed by atoms with Crippen LogP contribution in [0, 0.1) is 17.0 Å². The quantitative estimate of drug-likeness (QED) is 0.332. The van der Waals surface area contributed by atoms with Crippen molar-refractivity contribution in [2.75, 3.05) is 4.43 Å². The minimum Gasteiger partial charge on any atom is -0.489 e. The van der Waals surface area contributed by atoms with Crippen molar-refractivity contribution in [3.05, 3.63) is 33.9 Å². The van der Waals surface area contributed by atoms with Crippen molar-refractivity contribution in [2.24, 2.45) is 0 Å². The highest BCUT2D eigenvalue weighted by Gasteiger charge is 2.39. The van der Waals surface area contributed by atoms with Gasteiger partial charge < -0.3 is 9.84 Å². The molecule has 0 saturated carbocycles. The number of nitrogens with zero attached hydrogens (tertiary/aromatic N) is 1. The smallest absolute Gasteiger partial charge is 0.414 e. The van der Waals surface area contributed by atoms with Gasteiger partial charge in [-0.15, -0.1) is 0 Å². The van der Waals surface area contributed by atoms with E-state index in [-0.39, 0.29) is 15.9 Å². The SMILES string of the molecule is Cc1cc([N+](=O)[O-])ccc1OC(CI)CC(O)C(F)(F)F. The first-order chi connectivity index (χ1) is 9.65. The number of hydrogen-bond donors (Lipinski definition) is 1. The zero-order valence-corrected chi connectivity index (χ0v) is 13.1. The van der Waals surface area contributed by atoms with Crippen LogP contribution in [0.2, 0.25) is 0 Å². The number of nitro groups is 1. The van der Waals surface area contributed by atoms with Crippen LogP contribution < -0.4 is 4.74 Å². The summed E-state index contributed by atoms with van der Waals surface area (Å²) in [6, 6.07) is 3.83. The summed E-state index contributed by atoms with van der Waals surface area (Å²) in [6.45, 7) is 1.56. The van der Waals surface area contributed by atoms with Gasteiger partial charge in [-0.2, -0.15) is 13.2 Å². The van der Waals surface area contributed by atoms with E-state index in [9.17, 15) is 23.3 Å². The molecule has 0 aromatic heterocycles. The average Bonchev–Trinajstić information content (AvgIpc) is 2.38. The monoisotopic (exact) mass is 419 g/mol. The number of ether oxygens (including phenoxy) is 1. The van der Waals surface area contributed by atoms with E-state index in [1.54, 1.807) is 6.92 Å². The van der Waals surface area contributed by atoms with Crippen LogP contribution in [-0.4, -0.2) is 32.8 Å². The fourth-order valence-electron chi connectivity index (χ4n) is 1.58. The van der Waals surface area contributed by atoms with E-state index in [2.05, 4.69) is 0 Å². The molecule has 1 aromatic rings. The lowest BCUT2D eigenvalue weighted by atomic mass is 10.1. The molecule has 0 heterocycles. The summed E-state index contributed by atoms with van der Waals surface area (Å²) in [5, 5.41) is 19.7. The standard InChI is InChI=1S/C12H13F3INO4/c1-7-4-8(17(19)20)2-3-10(7)21-9(6-16)5-11(18)12(13,14)15/h2-4,9,11,18H,5-6H2,1H3. The normalized spacial score (nSPS) is 14.6. The minimum absolute atomic E-state index is 0.124. The van der Waals surface area contributed by atoms with Crippen molar-refractivity contribution in [1.29, 1.82) is 0 Å². The summed E-state index contributed by atoms with van der Waals surface area (Å²) in [6.07, 6.45) is -8.60. The maximum atomic E-state index is 12.3. The Morgan fingerprint density at radius 3 is 2.52 bits per heavy atom. The number of non-ortho nitro benzene ring substituents is 1. The third-order valence-electron chi connectivity index (χ3n) is 2.70. The predicted octanol–water partition coefficient (Wildman–Crippen LogP) is 3.40. The van der Waals surface area contributed by atoms with Crippen LogP contribution in [0.1, 0.15) is 12.0 Å².